The Hall–Kier alpha value is -1.42. The second-order valence-electron chi connectivity index (χ2n) is 4.72. The standard InChI is InChI=1S/C12H18N2O2/c1-12(2,11(15)16)9-14(3)8-10-4-6-13-7-5-10/h4-7H,8-9H2,1-3H3,(H,15,16). The summed E-state index contributed by atoms with van der Waals surface area (Å²) in [5.74, 6) is -0.769. The molecule has 0 bridgehead atoms. The van der Waals surface area contributed by atoms with E-state index >= 15 is 0 Å². The molecule has 88 valence electrons. The van der Waals surface area contributed by atoms with Crippen LogP contribution in [-0.4, -0.2) is 34.6 Å². The molecule has 1 heterocycles. The number of rotatable bonds is 5. The molecule has 4 nitrogen and oxygen atoms in total. The van der Waals surface area contributed by atoms with Crippen LogP contribution in [0.5, 0.6) is 0 Å². The van der Waals surface area contributed by atoms with Gasteiger partial charge in [-0.2, -0.15) is 0 Å². The highest BCUT2D eigenvalue weighted by molar-refractivity contribution is 5.73. The molecule has 1 rings (SSSR count). The fourth-order valence-corrected chi connectivity index (χ4v) is 1.60. The summed E-state index contributed by atoms with van der Waals surface area (Å²) in [6, 6.07) is 3.87. The van der Waals surface area contributed by atoms with Gasteiger partial charge < -0.3 is 10.0 Å². The minimum absolute atomic E-state index is 0.519. The van der Waals surface area contributed by atoms with Gasteiger partial charge in [-0.15, -0.1) is 0 Å². The molecule has 0 radical (unpaired) electrons. The van der Waals surface area contributed by atoms with Gasteiger partial charge in [0.25, 0.3) is 0 Å². The van der Waals surface area contributed by atoms with Gasteiger partial charge in [0.05, 0.1) is 5.41 Å². The zero-order valence-corrected chi connectivity index (χ0v) is 9.97. The smallest absolute Gasteiger partial charge is 0.310 e. The summed E-state index contributed by atoms with van der Waals surface area (Å²) in [5, 5.41) is 9.02. The van der Waals surface area contributed by atoms with Crippen molar-refractivity contribution in [3.63, 3.8) is 0 Å². The topological polar surface area (TPSA) is 53.4 Å². The van der Waals surface area contributed by atoms with E-state index in [4.69, 9.17) is 5.11 Å². The summed E-state index contributed by atoms with van der Waals surface area (Å²) < 4.78 is 0. The predicted octanol–water partition coefficient (Wildman–Crippen LogP) is 1.62. The monoisotopic (exact) mass is 222 g/mol. The molecule has 0 aromatic carbocycles. The molecule has 16 heavy (non-hydrogen) atoms. The molecule has 1 N–H and O–H groups in total. The van der Waals surface area contributed by atoms with Crippen molar-refractivity contribution in [2.45, 2.75) is 20.4 Å². The van der Waals surface area contributed by atoms with Gasteiger partial charge in [0, 0.05) is 25.5 Å². The Labute approximate surface area is 95.9 Å². The molecule has 0 saturated heterocycles. The number of hydrogen-bond acceptors (Lipinski definition) is 3. The van der Waals surface area contributed by atoms with Gasteiger partial charge in [0.15, 0.2) is 0 Å². The van der Waals surface area contributed by atoms with Gasteiger partial charge in [-0.3, -0.25) is 9.78 Å². The second-order valence-corrected chi connectivity index (χ2v) is 4.72. The van der Waals surface area contributed by atoms with Crippen molar-refractivity contribution >= 4 is 5.97 Å². The highest BCUT2D eigenvalue weighted by atomic mass is 16.4. The number of aromatic nitrogens is 1. The lowest BCUT2D eigenvalue weighted by atomic mass is 9.93. The van der Waals surface area contributed by atoms with Gasteiger partial charge in [-0.1, -0.05) is 0 Å². The first-order valence-electron chi connectivity index (χ1n) is 5.22. The molecule has 0 unspecified atom stereocenters. The molecule has 0 aliphatic carbocycles. The normalized spacial score (nSPS) is 11.8. The maximum Gasteiger partial charge on any atom is 0.310 e. The Bertz CT molecular complexity index is 349. The third kappa shape index (κ3) is 3.62. The molecule has 0 spiro atoms. The average Bonchev–Trinajstić information content (AvgIpc) is 2.17. The van der Waals surface area contributed by atoms with Crippen LogP contribution in [0.15, 0.2) is 24.5 Å². The largest absolute Gasteiger partial charge is 0.481 e. The number of carboxylic acid groups (broad SMARTS) is 1. The average molecular weight is 222 g/mol. The molecular weight excluding hydrogens is 204 g/mol. The van der Waals surface area contributed by atoms with Gasteiger partial charge in [0.2, 0.25) is 0 Å². The van der Waals surface area contributed by atoms with Crippen molar-refractivity contribution < 1.29 is 9.90 Å². The summed E-state index contributed by atoms with van der Waals surface area (Å²) in [5.41, 5.74) is 0.417. The Morgan fingerprint density at radius 3 is 2.50 bits per heavy atom. The lowest BCUT2D eigenvalue weighted by Crippen LogP contribution is -2.36. The first kappa shape index (κ1) is 12.6. The van der Waals surface area contributed by atoms with E-state index in [-0.39, 0.29) is 0 Å². The molecule has 0 amide bonds. The summed E-state index contributed by atoms with van der Waals surface area (Å²) in [7, 11) is 1.92. The molecule has 0 aliphatic heterocycles. The fraction of sp³-hybridized carbons (Fsp3) is 0.500. The molecular formula is C12H18N2O2. The van der Waals surface area contributed by atoms with Crippen molar-refractivity contribution in [3.05, 3.63) is 30.1 Å². The van der Waals surface area contributed by atoms with Crippen molar-refractivity contribution in [1.82, 2.24) is 9.88 Å². The number of carbonyl (C=O) groups is 1. The molecule has 0 aliphatic rings. The molecule has 0 atom stereocenters. The van der Waals surface area contributed by atoms with E-state index in [1.807, 2.05) is 24.1 Å². The van der Waals surface area contributed by atoms with E-state index in [0.29, 0.717) is 6.54 Å². The van der Waals surface area contributed by atoms with E-state index in [2.05, 4.69) is 4.98 Å². The molecule has 4 heteroatoms. The quantitative estimate of drug-likeness (QED) is 0.822. The van der Waals surface area contributed by atoms with Crippen LogP contribution in [0.4, 0.5) is 0 Å². The zero-order valence-electron chi connectivity index (χ0n) is 9.97. The van der Waals surface area contributed by atoms with Crippen molar-refractivity contribution in [1.29, 1.82) is 0 Å². The lowest BCUT2D eigenvalue weighted by molar-refractivity contribution is -0.147. The third-order valence-electron chi connectivity index (χ3n) is 2.45. The summed E-state index contributed by atoms with van der Waals surface area (Å²) in [6.45, 7) is 4.72. The predicted molar refractivity (Wildman–Crippen MR) is 62.0 cm³/mol. The van der Waals surface area contributed by atoms with Crippen molar-refractivity contribution in [2.24, 2.45) is 5.41 Å². The SMILES string of the molecule is CN(Cc1ccncc1)CC(C)(C)C(=O)O. The Morgan fingerprint density at radius 1 is 1.44 bits per heavy atom. The minimum Gasteiger partial charge on any atom is -0.481 e. The number of pyridine rings is 1. The van der Waals surface area contributed by atoms with E-state index in [1.54, 1.807) is 26.2 Å². The van der Waals surface area contributed by atoms with E-state index in [9.17, 15) is 4.79 Å². The van der Waals surface area contributed by atoms with Crippen LogP contribution in [0.1, 0.15) is 19.4 Å². The van der Waals surface area contributed by atoms with Crippen LogP contribution >= 0.6 is 0 Å². The number of nitrogens with zero attached hydrogens (tertiary/aromatic N) is 2. The number of hydrogen-bond donors (Lipinski definition) is 1. The highest BCUT2D eigenvalue weighted by Crippen LogP contribution is 2.17. The Kier molecular flexibility index (Phi) is 4.01. The fourth-order valence-electron chi connectivity index (χ4n) is 1.60. The Balaban J connectivity index is 2.54. The first-order valence-corrected chi connectivity index (χ1v) is 5.22. The van der Waals surface area contributed by atoms with Gasteiger partial charge >= 0.3 is 5.97 Å². The first-order chi connectivity index (χ1) is 7.42. The Morgan fingerprint density at radius 2 is 2.00 bits per heavy atom. The zero-order chi connectivity index (χ0) is 12.2. The van der Waals surface area contributed by atoms with E-state index in [1.165, 1.54) is 0 Å². The van der Waals surface area contributed by atoms with Gasteiger partial charge in [-0.25, -0.2) is 0 Å². The third-order valence-corrected chi connectivity index (χ3v) is 2.45. The van der Waals surface area contributed by atoms with Crippen LogP contribution < -0.4 is 0 Å². The van der Waals surface area contributed by atoms with Crippen molar-refractivity contribution in [2.75, 3.05) is 13.6 Å². The van der Waals surface area contributed by atoms with Crippen LogP contribution in [-0.2, 0) is 11.3 Å². The summed E-state index contributed by atoms with van der Waals surface area (Å²) in [4.78, 5) is 16.9. The number of aliphatic carboxylic acids is 1. The number of carboxylic acids is 1. The second kappa shape index (κ2) is 5.07. The van der Waals surface area contributed by atoms with Crippen LogP contribution in [0.3, 0.4) is 0 Å². The van der Waals surface area contributed by atoms with Crippen LogP contribution in [0, 0.1) is 5.41 Å². The molecule has 0 fully saturated rings. The maximum atomic E-state index is 11.0. The van der Waals surface area contributed by atoms with Crippen molar-refractivity contribution in [3.8, 4) is 0 Å². The maximum absolute atomic E-state index is 11.0. The molecule has 0 saturated carbocycles. The lowest BCUT2D eigenvalue weighted by Gasteiger charge is -2.26. The van der Waals surface area contributed by atoms with E-state index < -0.39 is 11.4 Å². The summed E-state index contributed by atoms with van der Waals surface area (Å²) >= 11 is 0. The van der Waals surface area contributed by atoms with Gasteiger partial charge in [-0.05, 0) is 38.6 Å². The molecule has 1 aromatic heterocycles. The molecule has 1 aromatic rings. The minimum atomic E-state index is -0.769. The summed E-state index contributed by atoms with van der Waals surface area (Å²) in [6.07, 6.45) is 3.48. The van der Waals surface area contributed by atoms with Crippen LogP contribution in [0.2, 0.25) is 0 Å². The van der Waals surface area contributed by atoms with E-state index in [0.717, 1.165) is 12.1 Å². The van der Waals surface area contributed by atoms with Gasteiger partial charge in [0.1, 0.15) is 0 Å². The highest BCUT2D eigenvalue weighted by Gasteiger charge is 2.28. The van der Waals surface area contributed by atoms with Crippen LogP contribution in [0.25, 0.3) is 0 Å².